The molecule has 0 radical (unpaired) electrons. The summed E-state index contributed by atoms with van der Waals surface area (Å²) >= 11 is 0. The van der Waals surface area contributed by atoms with Gasteiger partial charge in [0.25, 0.3) is 0 Å². The molecule has 0 bridgehead atoms. The summed E-state index contributed by atoms with van der Waals surface area (Å²) in [6, 6.07) is 10.3. The van der Waals surface area contributed by atoms with Gasteiger partial charge in [0.2, 0.25) is 0 Å². The first-order valence-electron chi connectivity index (χ1n) is 3.68. The maximum atomic E-state index is 7.23. The SMILES string of the molecule is C=CCc1ccccc1.OP(O)O. The van der Waals surface area contributed by atoms with E-state index in [1.54, 1.807) is 0 Å². The third kappa shape index (κ3) is 9.18. The Bertz CT molecular complexity index is 221. The summed E-state index contributed by atoms with van der Waals surface area (Å²) in [6.07, 6.45) is 2.89. The lowest BCUT2D eigenvalue weighted by Gasteiger charge is -1.91. The van der Waals surface area contributed by atoms with E-state index in [-0.39, 0.29) is 0 Å². The monoisotopic (exact) mass is 200 g/mol. The largest absolute Gasteiger partial charge is 0.328 e. The Balaban J connectivity index is 0.000000310. The minimum absolute atomic E-state index is 0.973. The van der Waals surface area contributed by atoms with Crippen LogP contribution in [0.15, 0.2) is 43.0 Å². The zero-order valence-corrected chi connectivity index (χ0v) is 8.06. The minimum Gasteiger partial charge on any atom is -0.328 e. The van der Waals surface area contributed by atoms with Gasteiger partial charge in [-0.1, -0.05) is 36.4 Å². The van der Waals surface area contributed by atoms with Crippen molar-refractivity contribution in [3.8, 4) is 0 Å². The average Bonchev–Trinajstić information content (AvgIpc) is 2.06. The first-order chi connectivity index (χ1) is 6.16. The van der Waals surface area contributed by atoms with Gasteiger partial charge in [-0.15, -0.1) is 6.58 Å². The van der Waals surface area contributed by atoms with Crippen molar-refractivity contribution in [1.29, 1.82) is 0 Å². The molecule has 0 aliphatic carbocycles. The van der Waals surface area contributed by atoms with Gasteiger partial charge in [0, 0.05) is 0 Å². The van der Waals surface area contributed by atoms with Gasteiger partial charge in [-0.25, -0.2) is 0 Å². The summed E-state index contributed by atoms with van der Waals surface area (Å²) in [6.45, 7) is 3.66. The predicted octanol–water partition coefficient (Wildman–Crippen LogP) is 1.61. The van der Waals surface area contributed by atoms with Crippen LogP contribution in [-0.4, -0.2) is 14.7 Å². The number of hydrogen-bond donors (Lipinski definition) is 3. The van der Waals surface area contributed by atoms with E-state index in [0.717, 1.165) is 6.42 Å². The molecule has 3 N–H and O–H groups in total. The molecule has 4 heteroatoms. The highest BCUT2D eigenvalue weighted by atomic mass is 31.2. The first kappa shape index (κ1) is 12.3. The molecule has 0 heterocycles. The Hall–Kier alpha value is -0.730. The molecule has 0 fully saturated rings. The van der Waals surface area contributed by atoms with Crippen molar-refractivity contribution >= 4 is 8.60 Å². The van der Waals surface area contributed by atoms with E-state index in [1.165, 1.54) is 5.56 Å². The lowest BCUT2D eigenvalue weighted by atomic mass is 10.2. The summed E-state index contributed by atoms with van der Waals surface area (Å²) in [4.78, 5) is 21.7. The van der Waals surface area contributed by atoms with Crippen molar-refractivity contribution in [3.05, 3.63) is 48.6 Å². The van der Waals surface area contributed by atoms with Gasteiger partial charge in [0.1, 0.15) is 0 Å². The molecule has 0 unspecified atom stereocenters. The molecule has 0 atom stereocenters. The molecule has 72 valence electrons. The highest BCUT2D eigenvalue weighted by Gasteiger charge is 1.82. The first-order valence-corrected chi connectivity index (χ1v) is 4.88. The molecule has 0 amide bonds. The van der Waals surface area contributed by atoms with E-state index in [9.17, 15) is 0 Å². The number of hydrogen-bond acceptors (Lipinski definition) is 3. The topological polar surface area (TPSA) is 60.7 Å². The van der Waals surface area contributed by atoms with Crippen LogP contribution in [0.3, 0.4) is 0 Å². The van der Waals surface area contributed by atoms with E-state index >= 15 is 0 Å². The second-order valence-corrected chi connectivity index (χ2v) is 2.78. The van der Waals surface area contributed by atoms with Crippen LogP contribution in [0.2, 0.25) is 0 Å². The Morgan fingerprint density at radius 3 is 2.00 bits per heavy atom. The Morgan fingerprint density at radius 1 is 1.15 bits per heavy atom. The Kier molecular flexibility index (Phi) is 7.45. The van der Waals surface area contributed by atoms with Crippen LogP contribution in [0.4, 0.5) is 0 Å². The highest BCUT2D eigenvalue weighted by Crippen LogP contribution is 2.11. The number of benzene rings is 1. The molecular weight excluding hydrogens is 187 g/mol. The van der Waals surface area contributed by atoms with Gasteiger partial charge in [0.15, 0.2) is 0 Å². The van der Waals surface area contributed by atoms with Crippen LogP contribution in [0, 0.1) is 0 Å². The summed E-state index contributed by atoms with van der Waals surface area (Å²) in [5.41, 5.74) is 1.33. The predicted molar refractivity (Wildman–Crippen MR) is 53.9 cm³/mol. The fraction of sp³-hybridized carbons (Fsp3) is 0.111. The molecule has 0 aliphatic rings. The lowest BCUT2D eigenvalue weighted by molar-refractivity contribution is 0.368. The molecule has 1 rings (SSSR count). The van der Waals surface area contributed by atoms with Gasteiger partial charge in [-0.3, -0.25) is 0 Å². The van der Waals surface area contributed by atoms with Crippen LogP contribution >= 0.6 is 8.60 Å². The van der Waals surface area contributed by atoms with E-state index in [0.29, 0.717) is 0 Å². The zero-order chi connectivity index (χ0) is 10.1. The Morgan fingerprint density at radius 2 is 1.62 bits per heavy atom. The van der Waals surface area contributed by atoms with Gasteiger partial charge in [0.05, 0.1) is 0 Å². The van der Waals surface area contributed by atoms with E-state index in [1.807, 2.05) is 24.3 Å². The van der Waals surface area contributed by atoms with Crippen molar-refractivity contribution in [3.63, 3.8) is 0 Å². The third-order valence-corrected chi connectivity index (χ3v) is 1.22. The summed E-state index contributed by atoms with van der Waals surface area (Å²) < 4.78 is 0. The van der Waals surface area contributed by atoms with Gasteiger partial charge >= 0.3 is 8.60 Å². The highest BCUT2D eigenvalue weighted by molar-refractivity contribution is 7.38. The third-order valence-electron chi connectivity index (χ3n) is 1.22. The fourth-order valence-electron chi connectivity index (χ4n) is 0.781. The molecule has 0 aliphatic heterocycles. The summed E-state index contributed by atoms with van der Waals surface area (Å²) in [5.74, 6) is 0. The maximum Gasteiger partial charge on any atom is 0.324 e. The smallest absolute Gasteiger partial charge is 0.324 e. The van der Waals surface area contributed by atoms with Crippen LogP contribution in [0.5, 0.6) is 0 Å². The molecular formula is C9H13O3P. The second kappa shape index (κ2) is 7.90. The van der Waals surface area contributed by atoms with Gasteiger partial charge in [-0.2, -0.15) is 0 Å². The standard InChI is InChI=1S/C9H10.H3O3P/c1-2-6-9-7-4-3-5-8-9;1-4(2)3/h2-5,7-8H,1,6H2;1-3H. The van der Waals surface area contributed by atoms with Gasteiger partial charge < -0.3 is 14.7 Å². The molecule has 0 saturated carbocycles. The molecule has 0 saturated heterocycles. The van der Waals surface area contributed by atoms with Crippen LogP contribution < -0.4 is 0 Å². The lowest BCUT2D eigenvalue weighted by Crippen LogP contribution is -1.75. The average molecular weight is 200 g/mol. The van der Waals surface area contributed by atoms with Crippen LogP contribution in [0.25, 0.3) is 0 Å². The number of allylic oxidation sites excluding steroid dienone is 1. The van der Waals surface area contributed by atoms with Crippen LogP contribution in [0.1, 0.15) is 5.56 Å². The van der Waals surface area contributed by atoms with Crippen molar-refractivity contribution in [2.45, 2.75) is 6.42 Å². The fourth-order valence-corrected chi connectivity index (χ4v) is 0.781. The number of rotatable bonds is 2. The van der Waals surface area contributed by atoms with Crippen LogP contribution in [-0.2, 0) is 6.42 Å². The van der Waals surface area contributed by atoms with Crippen molar-refractivity contribution < 1.29 is 14.7 Å². The Labute approximate surface area is 79.0 Å². The summed E-state index contributed by atoms with van der Waals surface area (Å²) in [7, 11) is -2.62. The molecule has 1 aromatic carbocycles. The van der Waals surface area contributed by atoms with Crippen molar-refractivity contribution in [1.82, 2.24) is 0 Å². The quantitative estimate of drug-likeness (QED) is 0.502. The van der Waals surface area contributed by atoms with E-state index in [2.05, 4.69) is 18.7 Å². The molecule has 3 nitrogen and oxygen atoms in total. The summed E-state index contributed by atoms with van der Waals surface area (Å²) in [5, 5.41) is 0. The molecule has 13 heavy (non-hydrogen) atoms. The van der Waals surface area contributed by atoms with E-state index in [4.69, 9.17) is 14.7 Å². The van der Waals surface area contributed by atoms with E-state index < -0.39 is 8.60 Å². The normalized spacial score (nSPS) is 8.92. The second-order valence-electron chi connectivity index (χ2n) is 2.25. The molecule has 0 aromatic heterocycles. The molecule has 1 aromatic rings. The van der Waals surface area contributed by atoms with Gasteiger partial charge in [-0.05, 0) is 12.0 Å². The minimum atomic E-state index is -2.62. The molecule has 0 spiro atoms. The zero-order valence-electron chi connectivity index (χ0n) is 7.17. The van der Waals surface area contributed by atoms with Crippen molar-refractivity contribution in [2.24, 2.45) is 0 Å². The van der Waals surface area contributed by atoms with Crippen molar-refractivity contribution in [2.75, 3.05) is 0 Å². The maximum absolute atomic E-state index is 7.23.